The molecule has 1 amide bonds. The Kier molecular flexibility index (Phi) is 6.29. The minimum absolute atomic E-state index is 0.0742. The van der Waals surface area contributed by atoms with Crippen LogP contribution >= 0.6 is 15.9 Å². The average molecular weight is 542 g/mol. The quantitative estimate of drug-likeness (QED) is 0.359. The summed E-state index contributed by atoms with van der Waals surface area (Å²) in [6.07, 6.45) is -5.76. The molecule has 0 radical (unpaired) electrons. The topological polar surface area (TPSA) is 64.7 Å². The molecule has 6 nitrogen and oxygen atoms in total. The lowest BCUT2D eigenvalue weighted by molar-refractivity contribution is -0.142. The third-order valence-corrected chi connectivity index (χ3v) is 6.59. The first-order valence-electron chi connectivity index (χ1n) is 10.7. The summed E-state index contributed by atoms with van der Waals surface area (Å²) < 4.78 is 81.1. The third-order valence-electron chi connectivity index (χ3n) is 5.81. The maximum absolute atomic E-state index is 13.3. The fraction of sp³-hybridized carbons (Fsp3) is 0.650. The zero-order valence-electron chi connectivity index (χ0n) is 17.6. The van der Waals surface area contributed by atoms with Gasteiger partial charge in [-0.05, 0) is 61.0 Å². The molecule has 2 aromatic heterocycles. The normalized spacial score (nSPS) is 17.9. The maximum atomic E-state index is 13.3. The zero-order chi connectivity index (χ0) is 24.1. The van der Waals surface area contributed by atoms with Crippen molar-refractivity contribution in [3.05, 3.63) is 33.3 Å². The minimum Gasteiger partial charge on any atom is -0.354 e. The van der Waals surface area contributed by atoms with Crippen LogP contribution in [0.1, 0.15) is 79.7 Å². The van der Waals surface area contributed by atoms with Crippen LogP contribution in [0.2, 0.25) is 0 Å². The van der Waals surface area contributed by atoms with Crippen molar-refractivity contribution >= 4 is 21.8 Å². The van der Waals surface area contributed by atoms with Crippen molar-refractivity contribution in [3.63, 3.8) is 0 Å². The molecule has 33 heavy (non-hydrogen) atoms. The molecular formula is C20H22BrF6N5O. The Bertz CT molecular complexity index is 1040. The van der Waals surface area contributed by atoms with Gasteiger partial charge in [0.1, 0.15) is 6.04 Å². The van der Waals surface area contributed by atoms with Gasteiger partial charge in [-0.15, -0.1) is 0 Å². The van der Waals surface area contributed by atoms with E-state index >= 15 is 0 Å². The lowest BCUT2D eigenvalue weighted by atomic mass is 10.2. The Morgan fingerprint density at radius 2 is 1.76 bits per heavy atom. The molecule has 0 aliphatic heterocycles. The van der Waals surface area contributed by atoms with Gasteiger partial charge in [-0.2, -0.15) is 36.5 Å². The molecule has 2 aliphatic carbocycles. The van der Waals surface area contributed by atoms with Gasteiger partial charge in [-0.3, -0.25) is 14.2 Å². The number of carbonyl (C=O) groups excluding carboxylic acids is 1. The molecule has 2 aliphatic rings. The number of halogens is 7. The summed E-state index contributed by atoms with van der Waals surface area (Å²) in [6, 6.07) is 0.0995. The summed E-state index contributed by atoms with van der Waals surface area (Å²) in [7, 11) is 0. The predicted octanol–water partition coefficient (Wildman–Crippen LogP) is 5.40. The van der Waals surface area contributed by atoms with Gasteiger partial charge in [0.2, 0.25) is 5.91 Å². The number of carbonyl (C=O) groups is 1. The molecule has 1 unspecified atom stereocenters. The monoisotopic (exact) mass is 541 g/mol. The smallest absolute Gasteiger partial charge is 0.354 e. The molecule has 2 aromatic rings. The van der Waals surface area contributed by atoms with E-state index in [0.29, 0.717) is 17.8 Å². The summed E-state index contributed by atoms with van der Waals surface area (Å²) in [5, 5.41) is 9.98. The summed E-state index contributed by atoms with van der Waals surface area (Å²) in [4.78, 5) is 12.6. The third kappa shape index (κ3) is 5.22. The molecule has 0 bridgehead atoms. The van der Waals surface area contributed by atoms with Gasteiger partial charge in [0.15, 0.2) is 11.4 Å². The van der Waals surface area contributed by atoms with Crippen LogP contribution in [-0.2, 0) is 23.7 Å². The van der Waals surface area contributed by atoms with Crippen LogP contribution in [0.5, 0.6) is 0 Å². The Morgan fingerprint density at radius 1 is 1.12 bits per heavy atom. The first-order chi connectivity index (χ1) is 15.4. The van der Waals surface area contributed by atoms with Crippen LogP contribution in [0, 0.1) is 0 Å². The fourth-order valence-electron chi connectivity index (χ4n) is 3.78. The number of aryl methyl sites for hydroxylation is 1. The summed E-state index contributed by atoms with van der Waals surface area (Å²) in [5.41, 5.74) is -1.09. The number of amides is 1. The molecule has 2 heterocycles. The van der Waals surface area contributed by atoms with E-state index < -0.39 is 35.7 Å². The van der Waals surface area contributed by atoms with E-state index in [1.54, 1.807) is 0 Å². The summed E-state index contributed by atoms with van der Waals surface area (Å²) in [5.74, 6) is -0.522. The highest BCUT2D eigenvalue weighted by atomic mass is 79.9. The number of nitrogens with one attached hydrogen (secondary N) is 1. The average Bonchev–Trinajstić information content (AvgIpc) is 3.64. The molecule has 0 saturated heterocycles. The van der Waals surface area contributed by atoms with Gasteiger partial charge < -0.3 is 5.32 Å². The van der Waals surface area contributed by atoms with Gasteiger partial charge in [0.05, 0.1) is 10.2 Å². The molecule has 1 atom stereocenters. The lowest BCUT2D eigenvalue weighted by Gasteiger charge is -2.16. The van der Waals surface area contributed by atoms with Crippen LogP contribution in [-0.4, -0.2) is 32.0 Å². The Labute approximate surface area is 193 Å². The van der Waals surface area contributed by atoms with Crippen molar-refractivity contribution in [1.82, 2.24) is 24.9 Å². The second-order valence-corrected chi connectivity index (χ2v) is 9.33. The number of alkyl halides is 6. The summed E-state index contributed by atoms with van der Waals surface area (Å²) >= 11 is 3.00. The highest BCUT2D eigenvalue weighted by Crippen LogP contribution is 2.47. The number of hydrogen-bond donors (Lipinski definition) is 1. The van der Waals surface area contributed by atoms with Gasteiger partial charge >= 0.3 is 12.4 Å². The van der Waals surface area contributed by atoms with Gasteiger partial charge in [0, 0.05) is 30.6 Å². The van der Waals surface area contributed by atoms with Crippen molar-refractivity contribution in [2.75, 3.05) is 6.54 Å². The first kappa shape index (κ1) is 24.1. The van der Waals surface area contributed by atoms with Crippen molar-refractivity contribution in [2.45, 2.75) is 75.8 Å². The van der Waals surface area contributed by atoms with E-state index in [4.69, 9.17) is 0 Å². The fourth-order valence-corrected chi connectivity index (χ4v) is 4.59. The van der Waals surface area contributed by atoms with E-state index in [2.05, 4.69) is 31.4 Å². The Morgan fingerprint density at radius 3 is 2.30 bits per heavy atom. The molecular weight excluding hydrogens is 520 g/mol. The molecule has 2 saturated carbocycles. The number of aromatic nitrogens is 4. The minimum atomic E-state index is -4.65. The maximum Gasteiger partial charge on any atom is 0.436 e. The molecule has 13 heteroatoms. The van der Waals surface area contributed by atoms with Crippen molar-refractivity contribution in [3.8, 4) is 0 Å². The van der Waals surface area contributed by atoms with E-state index in [0.717, 1.165) is 36.4 Å². The van der Waals surface area contributed by atoms with Crippen LogP contribution < -0.4 is 5.32 Å². The van der Waals surface area contributed by atoms with Crippen LogP contribution in [0.15, 0.2) is 10.5 Å². The van der Waals surface area contributed by atoms with E-state index in [1.165, 1.54) is 11.6 Å². The van der Waals surface area contributed by atoms with E-state index in [1.807, 2.05) is 0 Å². The SMILES string of the molecule is CC(C(=O)NCCCn1nc(C(F)(F)F)cc1C1CC1)n1nc(C(F)(F)F)c(Br)c1C1CC1. The van der Waals surface area contributed by atoms with Crippen molar-refractivity contribution in [1.29, 1.82) is 0 Å². The lowest BCUT2D eigenvalue weighted by Crippen LogP contribution is -2.33. The van der Waals surface area contributed by atoms with Crippen molar-refractivity contribution in [2.24, 2.45) is 0 Å². The van der Waals surface area contributed by atoms with Crippen LogP contribution in [0.25, 0.3) is 0 Å². The Balaban J connectivity index is 1.38. The van der Waals surface area contributed by atoms with Crippen LogP contribution in [0.3, 0.4) is 0 Å². The second kappa shape index (κ2) is 8.62. The van der Waals surface area contributed by atoms with Gasteiger partial charge in [0.25, 0.3) is 0 Å². The van der Waals surface area contributed by atoms with Gasteiger partial charge in [-0.25, -0.2) is 0 Å². The van der Waals surface area contributed by atoms with E-state index in [9.17, 15) is 31.1 Å². The molecule has 4 rings (SSSR count). The van der Waals surface area contributed by atoms with Gasteiger partial charge in [-0.1, -0.05) is 0 Å². The molecule has 0 aromatic carbocycles. The van der Waals surface area contributed by atoms with Crippen molar-refractivity contribution < 1.29 is 31.1 Å². The first-order valence-corrected chi connectivity index (χ1v) is 11.4. The highest BCUT2D eigenvalue weighted by Gasteiger charge is 2.43. The largest absolute Gasteiger partial charge is 0.436 e. The Hall–Kier alpha value is -2.05. The number of nitrogens with zero attached hydrogens (tertiary/aromatic N) is 4. The van der Waals surface area contributed by atoms with E-state index in [-0.39, 0.29) is 29.4 Å². The number of hydrogen-bond acceptors (Lipinski definition) is 3. The molecule has 1 N–H and O–H groups in total. The zero-order valence-corrected chi connectivity index (χ0v) is 19.2. The molecule has 0 spiro atoms. The summed E-state index contributed by atoms with van der Waals surface area (Å²) in [6.45, 7) is 1.80. The molecule has 182 valence electrons. The number of rotatable bonds is 8. The predicted molar refractivity (Wildman–Crippen MR) is 108 cm³/mol. The van der Waals surface area contributed by atoms with Crippen LogP contribution in [0.4, 0.5) is 26.3 Å². The molecule has 2 fully saturated rings. The highest BCUT2D eigenvalue weighted by molar-refractivity contribution is 9.10. The second-order valence-electron chi connectivity index (χ2n) is 8.53. The standard InChI is InChI=1S/C20H22BrF6N5O/c1-10(32-16(12-5-6-12)15(21)17(30-32)20(25,26)27)18(33)28-7-2-8-31-13(11-3-4-11)9-14(29-31)19(22,23)24/h9-12H,2-8H2,1H3,(H,28,33).